The molecule has 0 aromatic carbocycles. The summed E-state index contributed by atoms with van der Waals surface area (Å²) >= 11 is 0. The predicted molar refractivity (Wildman–Crippen MR) is 56.9 cm³/mol. The molecule has 0 saturated carbocycles. The lowest BCUT2D eigenvalue weighted by Gasteiger charge is -2.05. The van der Waals surface area contributed by atoms with Gasteiger partial charge in [-0.3, -0.25) is 9.59 Å². The van der Waals surface area contributed by atoms with Crippen molar-refractivity contribution in [3.63, 3.8) is 0 Å². The van der Waals surface area contributed by atoms with Crippen LogP contribution in [0.2, 0.25) is 0 Å². The van der Waals surface area contributed by atoms with E-state index in [-0.39, 0.29) is 6.61 Å². The van der Waals surface area contributed by atoms with Crippen molar-refractivity contribution < 1.29 is 5.11 Å². The van der Waals surface area contributed by atoms with Gasteiger partial charge in [0.05, 0.1) is 0 Å². The number of nitrogens with zero attached hydrogens (tertiary/aromatic N) is 2. The minimum Gasteiger partial charge on any atom is -0.396 e. The largest absolute Gasteiger partial charge is 0.396 e. The Kier molecular flexibility index (Phi) is 4.30. The van der Waals surface area contributed by atoms with E-state index in [1.807, 2.05) is 0 Å². The Hall–Kier alpha value is -1.36. The molecule has 1 rings (SSSR count). The van der Waals surface area contributed by atoms with Crippen molar-refractivity contribution in [2.75, 3.05) is 6.61 Å². The van der Waals surface area contributed by atoms with Gasteiger partial charge in [-0.1, -0.05) is 0 Å². The number of hydrogen-bond donors (Lipinski definition) is 1. The van der Waals surface area contributed by atoms with Crippen LogP contribution in [-0.2, 0) is 13.6 Å². The summed E-state index contributed by atoms with van der Waals surface area (Å²) in [7, 11) is 1.56. The Balaban J connectivity index is 2.67. The fourth-order valence-corrected chi connectivity index (χ4v) is 1.34. The Morgan fingerprint density at radius 3 is 2.53 bits per heavy atom. The highest BCUT2D eigenvalue weighted by atomic mass is 16.3. The zero-order chi connectivity index (χ0) is 11.3. The lowest BCUT2D eigenvalue weighted by Crippen LogP contribution is -2.39. The first-order valence-corrected chi connectivity index (χ1v) is 5.03. The molecule has 0 atom stereocenters. The highest BCUT2D eigenvalue weighted by Gasteiger charge is 2.01. The minimum absolute atomic E-state index is 0.172. The predicted octanol–water partition coefficient (Wildman–Crippen LogP) is -0.290. The summed E-state index contributed by atoms with van der Waals surface area (Å²) < 4.78 is 2.69. The second kappa shape index (κ2) is 5.50. The van der Waals surface area contributed by atoms with Crippen molar-refractivity contribution in [2.24, 2.45) is 7.05 Å². The average molecular weight is 212 g/mol. The molecule has 0 fully saturated rings. The van der Waals surface area contributed by atoms with Crippen LogP contribution in [0, 0.1) is 0 Å². The summed E-state index contributed by atoms with van der Waals surface area (Å²) in [5.41, 5.74) is -0.983. The van der Waals surface area contributed by atoms with Crippen LogP contribution in [0.15, 0.2) is 22.0 Å². The molecule has 0 aliphatic carbocycles. The van der Waals surface area contributed by atoms with E-state index in [0.717, 1.165) is 19.3 Å². The molecule has 1 aromatic heterocycles. The SMILES string of the molecule is Cn1ccn(CCCCCO)c(=O)c1=O. The average Bonchev–Trinajstić information content (AvgIpc) is 2.24. The van der Waals surface area contributed by atoms with Crippen LogP contribution in [0.1, 0.15) is 19.3 Å². The molecule has 0 radical (unpaired) electrons. The summed E-state index contributed by atoms with van der Waals surface area (Å²) in [6.45, 7) is 0.709. The normalized spacial score (nSPS) is 10.5. The monoisotopic (exact) mass is 212 g/mol. The number of unbranched alkanes of at least 4 members (excludes halogenated alkanes) is 2. The fraction of sp³-hybridized carbons (Fsp3) is 0.600. The second-order valence-electron chi connectivity index (χ2n) is 3.50. The summed E-state index contributed by atoms with van der Waals surface area (Å²) in [4.78, 5) is 22.7. The molecule has 5 heteroatoms. The number of rotatable bonds is 5. The van der Waals surface area contributed by atoms with Crippen LogP contribution < -0.4 is 11.1 Å². The van der Waals surface area contributed by atoms with E-state index < -0.39 is 11.1 Å². The maximum atomic E-state index is 11.4. The van der Waals surface area contributed by atoms with Gasteiger partial charge in [0, 0.05) is 32.6 Å². The van der Waals surface area contributed by atoms with Gasteiger partial charge in [0.15, 0.2) is 0 Å². The summed E-state index contributed by atoms with van der Waals surface area (Å²) in [6, 6.07) is 0. The second-order valence-corrected chi connectivity index (χ2v) is 3.50. The first kappa shape index (κ1) is 11.7. The van der Waals surface area contributed by atoms with E-state index in [1.165, 1.54) is 9.13 Å². The maximum absolute atomic E-state index is 11.4. The van der Waals surface area contributed by atoms with Crippen LogP contribution in [-0.4, -0.2) is 20.8 Å². The quantitative estimate of drug-likeness (QED) is 0.539. The van der Waals surface area contributed by atoms with Gasteiger partial charge in [-0.25, -0.2) is 0 Å². The molecule has 0 bridgehead atoms. The van der Waals surface area contributed by atoms with Gasteiger partial charge in [0.2, 0.25) is 0 Å². The fourth-order valence-electron chi connectivity index (χ4n) is 1.34. The van der Waals surface area contributed by atoms with Crippen molar-refractivity contribution in [1.29, 1.82) is 0 Å². The zero-order valence-corrected chi connectivity index (χ0v) is 8.85. The number of aromatic nitrogens is 2. The highest BCUT2D eigenvalue weighted by molar-refractivity contribution is 4.84. The third kappa shape index (κ3) is 3.06. The Morgan fingerprint density at radius 2 is 1.87 bits per heavy atom. The van der Waals surface area contributed by atoms with Crippen LogP contribution >= 0.6 is 0 Å². The van der Waals surface area contributed by atoms with Crippen LogP contribution in [0.5, 0.6) is 0 Å². The standard InChI is InChI=1S/C10H16N2O3/c1-11-6-7-12(10(15)9(11)14)5-3-2-4-8-13/h6-7,13H,2-5,8H2,1H3. The topological polar surface area (TPSA) is 64.2 Å². The molecular weight excluding hydrogens is 196 g/mol. The molecule has 0 amide bonds. The third-order valence-corrected chi connectivity index (χ3v) is 2.29. The molecule has 0 spiro atoms. The van der Waals surface area contributed by atoms with Gasteiger partial charge >= 0.3 is 11.1 Å². The molecule has 15 heavy (non-hydrogen) atoms. The number of aliphatic hydroxyl groups excluding tert-OH is 1. The van der Waals surface area contributed by atoms with Gasteiger partial charge in [0.1, 0.15) is 0 Å². The summed E-state index contributed by atoms with van der Waals surface area (Å²) in [5, 5.41) is 8.58. The van der Waals surface area contributed by atoms with Gasteiger partial charge in [-0.05, 0) is 19.3 Å². The zero-order valence-electron chi connectivity index (χ0n) is 8.85. The Labute approximate surface area is 87.6 Å². The molecule has 84 valence electrons. The van der Waals surface area contributed by atoms with E-state index >= 15 is 0 Å². The molecular formula is C10H16N2O3. The van der Waals surface area contributed by atoms with Gasteiger partial charge in [0.25, 0.3) is 0 Å². The molecule has 1 N–H and O–H groups in total. The van der Waals surface area contributed by atoms with Gasteiger partial charge in [-0.2, -0.15) is 0 Å². The molecule has 1 heterocycles. The Bertz CT molecular complexity index is 419. The number of aliphatic hydroxyl groups is 1. The lowest BCUT2D eigenvalue weighted by atomic mass is 10.2. The molecule has 1 aromatic rings. The van der Waals surface area contributed by atoms with Crippen molar-refractivity contribution in [1.82, 2.24) is 9.13 Å². The van der Waals surface area contributed by atoms with Gasteiger partial charge < -0.3 is 14.2 Å². The third-order valence-electron chi connectivity index (χ3n) is 2.29. The van der Waals surface area contributed by atoms with E-state index in [9.17, 15) is 9.59 Å². The number of aryl methyl sites for hydroxylation is 2. The minimum atomic E-state index is -0.500. The molecule has 5 nitrogen and oxygen atoms in total. The summed E-state index contributed by atoms with van der Waals surface area (Å²) in [6.07, 6.45) is 5.59. The van der Waals surface area contributed by atoms with Crippen molar-refractivity contribution >= 4 is 0 Å². The van der Waals surface area contributed by atoms with E-state index in [4.69, 9.17) is 5.11 Å². The molecule has 0 unspecified atom stereocenters. The van der Waals surface area contributed by atoms with Crippen molar-refractivity contribution in [3.05, 3.63) is 33.1 Å². The van der Waals surface area contributed by atoms with E-state index in [2.05, 4.69) is 0 Å². The van der Waals surface area contributed by atoms with Crippen LogP contribution in [0.4, 0.5) is 0 Å². The lowest BCUT2D eigenvalue weighted by molar-refractivity contribution is 0.281. The maximum Gasteiger partial charge on any atom is 0.316 e. The summed E-state index contributed by atoms with van der Waals surface area (Å²) in [5.74, 6) is 0. The number of hydrogen-bond acceptors (Lipinski definition) is 3. The first-order chi connectivity index (χ1) is 7.16. The highest BCUT2D eigenvalue weighted by Crippen LogP contribution is 1.95. The smallest absolute Gasteiger partial charge is 0.316 e. The van der Waals surface area contributed by atoms with Crippen LogP contribution in [0.3, 0.4) is 0 Å². The molecule has 0 aliphatic rings. The molecule has 0 aliphatic heterocycles. The van der Waals surface area contributed by atoms with E-state index in [1.54, 1.807) is 19.4 Å². The van der Waals surface area contributed by atoms with E-state index in [0.29, 0.717) is 6.54 Å². The van der Waals surface area contributed by atoms with Crippen LogP contribution in [0.25, 0.3) is 0 Å². The van der Waals surface area contributed by atoms with Gasteiger partial charge in [-0.15, -0.1) is 0 Å². The molecule has 0 saturated heterocycles. The van der Waals surface area contributed by atoms with Crippen molar-refractivity contribution in [2.45, 2.75) is 25.8 Å². The Morgan fingerprint density at radius 1 is 1.13 bits per heavy atom. The first-order valence-electron chi connectivity index (χ1n) is 5.03. The van der Waals surface area contributed by atoms with Crippen molar-refractivity contribution in [3.8, 4) is 0 Å².